The molecule has 1 atom stereocenters. The first kappa shape index (κ1) is 18.9. The van der Waals surface area contributed by atoms with Crippen LogP contribution in [0.25, 0.3) is 11.0 Å². The Labute approximate surface area is 156 Å². The van der Waals surface area contributed by atoms with Gasteiger partial charge >= 0.3 is 11.6 Å². The largest absolute Gasteiger partial charge is 0.484 e. The van der Waals surface area contributed by atoms with Crippen LogP contribution >= 0.6 is 0 Å². The summed E-state index contributed by atoms with van der Waals surface area (Å²) in [5.41, 5.74) is 0.912. The molecule has 1 aliphatic heterocycles. The van der Waals surface area contributed by atoms with Crippen molar-refractivity contribution < 1.29 is 23.5 Å². The van der Waals surface area contributed by atoms with E-state index >= 15 is 0 Å². The Morgan fingerprint density at radius 2 is 2.07 bits per heavy atom. The summed E-state index contributed by atoms with van der Waals surface area (Å²) in [6.45, 7) is 2.28. The highest BCUT2D eigenvalue weighted by atomic mass is 16.5. The highest BCUT2D eigenvalue weighted by molar-refractivity contribution is 5.86. The van der Waals surface area contributed by atoms with Gasteiger partial charge in [0.15, 0.2) is 6.61 Å². The molecule has 27 heavy (non-hydrogen) atoms. The van der Waals surface area contributed by atoms with Gasteiger partial charge in [0, 0.05) is 24.1 Å². The van der Waals surface area contributed by atoms with Crippen molar-refractivity contribution in [3.63, 3.8) is 0 Å². The number of ether oxygens (including phenoxy) is 2. The Morgan fingerprint density at radius 1 is 1.26 bits per heavy atom. The number of carbonyl (C=O) groups is 2. The normalized spacial score (nSPS) is 17.0. The number of likely N-dealkylation sites (tertiary alicyclic amines) is 1. The first-order chi connectivity index (χ1) is 13.0. The predicted octanol–water partition coefficient (Wildman–Crippen LogP) is 2.29. The molecular weight excluding hydrogens is 350 g/mol. The van der Waals surface area contributed by atoms with Gasteiger partial charge in [-0.1, -0.05) is 6.92 Å². The van der Waals surface area contributed by atoms with E-state index < -0.39 is 17.6 Å². The van der Waals surface area contributed by atoms with Gasteiger partial charge in [-0.15, -0.1) is 0 Å². The number of benzene rings is 1. The van der Waals surface area contributed by atoms with Gasteiger partial charge in [-0.3, -0.25) is 4.79 Å². The maximum absolute atomic E-state index is 12.5. The smallest absolute Gasteiger partial charge is 0.336 e. The van der Waals surface area contributed by atoms with Crippen molar-refractivity contribution in [3.8, 4) is 5.75 Å². The summed E-state index contributed by atoms with van der Waals surface area (Å²) in [5.74, 6) is -0.240. The molecule has 1 aliphatic rings. The fraction of sp³-hybridized carbons (Fsp3) is 0.450. The van der Waals surface area contributed by atoms with Crippen LogP contribution in [0.3, 0.4) is 0 Å². The maximum Gasteiger partial charge on any atom is 0.336 e. The van der Waals surface area contributed by atoms with Gasteiger partial charge < -0.3 is 18.8 Å². The molecule has 0 spiro atoms. The van der Waals surface area contributed by atoms with Crippen LogP contribution in [0.4, 0.5) is 0 Å². The van der Waals surface area contributed by atoms with Crippen LogP contribution in [0.1, 0.15) is 31.7 Å². The average molecular weight is 373 g/mol. The van der Waals surface area contributed by atoms with E-state index in [0.29, 0.717) is 30.7 Å². The lowest BCUT2D eigenvalue weighted by Gasteiger charge is -2.33. The number of fused-ring (bicyclic) bond motifs is 1. The summed E-state index contributed by atoms with van der Waals surface area (Å²) in [4.78, 5) is 37.6. The Balaban J connectivity index is 1.73. The minimum Gasteiger partial charge on any atom is -0.484 e. The zero-order valence-corrected chi connectivity index (χ0v) is 15.5. The summed E-state index contributed by atoms with van der Waals surface area (Å²) >= 11 is 0. The van der Waals surface area contributed by atoms with Crippen molar-refractivity contribution in [2.45, 2.75) is 38.6 Å². The van der Waals surface area contributed by atoms with E-state index in [-0.39, 0.29) is 12.5 Å². The van der Waals surface area contributed by atoms with Crippen LogP contribution in [-0.4, -0.2) is 43.1 Å². The van der Waals surface area contributed by atoms with Gasteiger partial charge in [0.2, 0.25) is 0 Å². The number of methoxy groups -OCH3 is 1. The molecule has 0 aliphatic carbocycles. The highest BCUT2D eigenvalue weighted by Crippen LogP contribution is 2.24. The molecule has 0 saturated carbocycles. The van der Waals surface area contributed by atoms with Gasteiger partial charge in [-0.05, 0) is 43.4 Å². The molecule has 2 aromatic rings. The van der Waals surface area contributed by atoms with Crippen molar-refractivity contribution in [1.82, 2.24) is 4.90 Å². The zero-order chi connectivity index (χ0) is 19.4. The summed E-state index contributed by atoms with van der Waals surface area (Å²) in [7, 11) is 1.32. The lowest BCUT2D eigenvalue weighted by molar-refractivity contribution is -0.155. The maximum atomic E-state index is 12.5. The fourth-order valence-electron chi connectivity index (χ4n) is 3.43. The molecule has 3 rings (SSSR count). The van der Waals surface area contributed by atoms with Crippen LogP contribution in [-0.2, 0) is 20.7 Å². The molecule has 1 unspecified atom stereocenters. The van der Waals surface area contributed by atoms with E-state index in [4.69, 9.17) is 13.9 Å². The quantitative estimate of drug-likeness (QED) is 0.590. The second kappa shape index (κ2) is 8.24. The van der Waals surface area contributed by atoms with E-state index in [2.05, 4.69) is 0 Å². The molecular formula is C20H23NO6. The number of esters is 1. The molecule has 0 bridgehead atoms. The van der Waals surface area contributed by atoms with Crippen molar-refractivity contribution >= 4 is 22.8 Å². The van der Waals surface area contributed by atoms with E-state index in [1.54, 1.807) is 12.1 Å². The summed E-state index contributed by atoms with van der Waals surface area (Å²) in [6.07, 6.45) is 3.04. The van der Waals surface area contributed by atoms with Crippen LogP contribution in [0.2, 0.25) is 0 Å². The summed E-state index contributed by atoms with van der Waals surface area (Å²) in [6, 6.07) is 6.09. The monoisotopic (exact) mass is 373 g/mol. The van der Waals surface area contributed by atoms with E-state index in [1.165, 1.54) is 18.1 Å². The zero-order valence-electron chi connectivity index (χ0n) is 15.5. The molecule has 1 aromatic carbocycles. The van der Waals surface area contributed by atoms with Gasteiger partial charge in [-0.2, -0.15) is 0 Å². The van der Waals surface area contributed by atoms with Gasteiger partial charge in [-0.25, -0.2) is 9.59 Å². The fourth-order valence-corrected chi connectivity index (χ4v) is 3.43. The summed E-state index contributed by atoms with van der Waals surface area (Å²) < 4.78 is 15.6. The first-order valence-corrected chi connectivity index (χ1v) is 9.10. The highest BCUT2D eigenvalue weighted by Gasteiger charge is 2.32. The Kier molecular flexibility index (Phi) is 5.78. The number of piperidine rings is 1. The number of rotatable bonds is 5. The molecule has 0 radical (unpaired) electrons. The Morgan fingerprint density at radius 3 is 2.81 bits per heavy atom. The lowest BCUT2D eigenvalue weighted by atomic mass is 10.0. The first-order valence-electron chi connectivity index (χ1n) is 9.10. The molecule has 1 amide bonds. The molecule has 144 valence electrons. The van der Waals surface area contributed by atoms with Gasteiger partial charge in [0.1, 0.15) is 17.4 Å². The molecule has 1 saturated heterocycles. The van der Waals surface area contributed by atoms with Crippen molar-refractivity contribution in [2.75, 3.05) is 20.3 Å². The molecule has 1 aromatic heterocycles. The Bertz CT molecular complexity index is 903. The molecule has 2 heterocycles. The third-order valence-corrected chi connectivity index (χ3v) is 4.84. The molecule has 1 fully saturated rings. The van der Waals surface area contributed by atoms with E-state index in [9.17, 15) is 14.4 Å². The minimum absolute atomic E-state index is 0.198. The van der Waals surface area contributed by atoms with Crippen LogP contribution in [0.15, 0.2) is 33.5 Å². The molecule has 7 heteroatoms. The third-order valence-electron chi connectivity index (χ3n) is 4.84. The van der Waals surface area contributed by atoms with Crippen LogP contribution in [0.5, 0.6) is 5.75 Å². The SMILES string of the molecule is CCc1cc(=O)oc2cc(OCC(=O)N3CCCCC3C(=O)OC)ccc12. The van der Waals surface area contributed by atoms with Gasteiger partial charge in [0.25, 0.3) is 5.91 Å². The lowest BCUT2D eigenvalue weighted by Crippen LogP contribution is -2.50. The van der Waals surface area contributed by atoms with Gasteiger partial charge in [0.05, 0.1) is 7.11 Å². The second-order valence-electron chi connectivity index (χ2n) is 6.51. The van der Waals surface area contributed by atoms with Crippen LogP contribution < -0.4 is 10.4 Å². The van der Waals surface area contributed by atoms with Crippen LogP contribution in [0, 0.1) is 0 Å². The molecule has 0 N–H and O–H groups in total. The average Bonchev–Trinajstić information content (AvgIpc) is 2.70. The number of hydrogen-bond acceptors (Lipinski definition) is 6. The summed E-state index contributed by atoms with van der Waals surface area (Å²) in [5, 5.41) is 0.845. The van der Waals surface area contributed by atoms with Crippen molar-refractivity contribution in [2.24, 2.45) is 0 Å². The van der Waals surface area contributed by atoms with E-state index in [1.807, 2.05) is 13.0 Å². The standard InChI is InChI=1S/C20H23NO6/c1-3-13-10-19(23)27-17-11-14(7-8-15(13)17)26-12-18(22)21-9-5-4-6-16(21)20(24)25-2/h7-8,10-11,16H,3-6,9,12H2,1-2H3. The van der Waals surface area contributed by atoms with Crippen molar-refractivity contribution in [3.05, 3.63) is 40.2 Å². The molecule has 7 nitrogen and oxygen atoms in total. The second-order valence-corrected chi connectivity index (χ2v) is 6.51. The third kappa shape index (κ3) is 4.13. The topological polar surface area (TPSA) is 86.0 Å². The Hall–Kier alpha value is -2.83. The number of carbonyl (C=O) groups excluding carboxylic acids is 2. The number of amides is 1. The van der Waals surface area contributed by atoms with Crippen molar-refractivity contribution in [1.29, 1.82) is 0 Å². The minimum atomic E-state index is -0.554. The number of hydrogen-bond donors (Lipinski definition) is 0. The number of nitrogens with zero attached hydrogens (tertiary/aromatic N) is 1. The predicted molar refractivity (Wildman–Crippen MR) is 98.7 cm³/mol. The van der Waals surface area contributed by atoms with E-state index in [0.717, 1.165) is 23.8 Å². The number of aryl methyl sites for hydroxylation is 1.